The first-order valence-electron chi connectivity index (χ1n) is 9.55. The van der Waals surface area contributed by atoms with E-state index in [0.29, 0.717) is 16.5 Å². The standard InChI is InChI=1S/C21H19ClN6O4/c1-27-12-18(19(26-27)21(30)23-11-16-3-2-10-31-16)24-20(29)17-8-9-28(25-17)13-32-15-6-4-14(22)5-7-15/h2-10,12H,11,13H2,1H3,(H,23,30)(H,24,29). The second-order valence-corrected chi connectivity index (χ2v) is 7.19. The first-order chi connectivity index (χ1) is 15.5. The molecule has 0 aliphatic rings. The van der Waals surface area contributed by atoms with Crippen LogP contribution in [0.25, 0.3) is 0 Å². The average Bonchev–Trinajstić information content (AvgIpc) is 3.53. The van der Waals surface area contributed by atoms with Crippen molar-refractivity contribution in [1.29, 1.82) is 0 Å². The molecule has 164 valence electrons. The van der Waals surface area contributed by atoms with Gasteiger partial charge in [0, 0.05) is 24.5 Å². The van der Waals surface area contributed by atoms with Gasteiger partial charge in [0.25, 0.3) is 11.8 Å². The van der Waals surface area contributed by atoms with Crippen LogP contribution in [0.3, 0.4) is 0 Å². The Labute approximate surface area is 187 Å². The van der Waals surface area contributed by atoms with Crippen molar-refractivity contribution in [1.82, 2.24) is 24.9 Å². The fourth-order valence-electron chi connectivity index (χ4n) is 2.82. The number of rotatable bonds is 8. The van der Waals surface area contributed by atoms with Gasteiger partial charge in [-0.25, -0.2) is 4.68 Å². The number of halogens is 1. The summed E-state index contributed by atoms with van der Waals surface area (Å²) in [6.07, 6.45) is 4.68. The van der Waals surface area contributed by atoms with Gasteiger partial charge in [0.2, 0.25) is 0 Å². The molecule has 3 aromatic heterocycles. The van der Waals surface area contributed by atoms with Gasteiger partial charge in [0.05, 0.1) is 18.5 Å². The molecule has 0 saturated heterocycles. The molecule has 0 fully saturated rings. The van der Waals surface area contributed by atoms with Crippen molar-refractivity contribution in [2.75, 3.05) is 5.32 Å². The lowest BCUT2D eigenvalue weighted by molar-refractivity contribution is 0.0943. The first-order valence-corrected chi connectivity index (χ1v) is 9.93. The Hall–Kier alpha value is -4.05. The van der Waals surface area contributed by atoms with Crippen LogP contribution in [0.15, 0.2) is 65.5 Å². The number of carbonyl (C=O) groups excluding carboxylic acids is 2. The number of amides is 2. The van der Waals surface area contributed by atoms with Crippen LogP contribution >= 0.6 is 11.6 Å². The van der Waals surface area contributed by atoms with E-state index in [1.54, 1.807) is 61.9 Å². The largest absolute Gasteiger partial charge is 0.471 e. The quantitative estimate of drug-likeness (QED) is 0.422. The van der Waals surface area contributed by atoms with E-state index in [1.807, 2.05) is 0 Å². The lowest BCUT2D eigenvalue weighted by Gasteiger charge is -2.06. The van der Waals surface area contributed by atoms with E-state index < -0.39 is 11.8 Å². The molecular weight excluding hydrogens is 436 g/mol. The summed E-state index contributed by atoms with van der Waals surface area (Å²) >= 11 is 5.85. The van der Waals surface area contributed by atoms with Crippen molar-refractivity contribution in [2.24, 2.45) is 7.05 Å². The predicted octanol–water partition coefficient (Wildman–Crippen LogP) is 3.08. The summed E-state index contributed by atoms with van der Waals surface area (Å²) in [4.78, 5) is 25.2. The molecule has 0 radical (unpaired) electrons. The normalized spacial score (nSPS) is 10.7. The van der Waals surface area contributed by atoms with Crippen molar-refractivity contribution in [3.8, 4) is 5.75 Å². The minimum atomic E-state index is -0.483. The molecule has 0 aliphatic carbocycles. The first kappa shape index (κ1) is 21.2. The van der Waals surface area contributed by atoms with E-state index in [4.69, 9.17) is 20.8 Å². The third-order valence-electron chi connectivity index (χ3n) is 4.35. The highest BCUT2D eigenvalue weighted by atomic mass is 35.5. The van der Waals surface area contributed by atoms with E-state index in [9.17, 15) is 9.59 Å². The molecular formula is C21H19ClN6O4. The summed E-state index contributed by atoms with van der Waals surface area (Å²) in [5, 5.41) is 14.3. The lowest BCUT2D eigenvalue weighted by atomic mass is 10.3. The Morgan fingerprint density at radius 1 is 1.12 bits per heavy atom. The summed E-state index contributed by atoms with van der Waals surface area (Å²) in [5.74, 6) is 0.296. The highest BCUT2D eigenvalue weighted by molar-refractivity contribution is 6.30. The second-order valence-electron chi connectivity index (χ2n) is 6.75. The van der Waals surface area contributed by atoms with Gasteiger partial charge in [-0.1, -0.05) is 11.6 Å². The van der Waals surface area contributed by atoms with E-state index >= 15 is 0 Å². The van der Waals surface area contributed by atoms with Gasteiger partial charge in [-0.05, 0) is 42.5 Å². The molecule has 4 aromatic rings. The Kier molecular flexibility index (Phi) is 6.22. The molecule has 10 nitrogen and oxygen atoms in total. The number of nitrogens with one attached hydrogen (secondary N) is 2. The maximum atomic E-state index is 12.6. The molecule has 32 heavy (non-hydrogen) atoms. The number of aromatic nitrogens is 4. The number of hydrogen-bond acceptors (Lipinski definition) is 6. The van der Waals surface area contributed by atoms with Crippen LogP contribution in [0.2, 0.25) is 5.02 Å². The Morgan fingerprint density at radius 2 is 1.94 bits per heavy atom. The number of furan rings is 1. The molecule has 4 rings (SSSR count). The van der Waals surface area contributed by atoms with Gasteiger partial charge < -0.3 is 19.8 Å². The SMILES string of the molecule is Cn1cc(NC(=O)c2ccn(COc3ccc(Cl)cc3)n2)c(C(=O)NCc2ccco2)n1. The zero-order chi connectivity index (χ0) is 22.5. The highest BCUT2D eigenvalue weighted by Crippen LogP contribution is 2.17. The highest BCUT2D eigenvalue weighted by Gasteiger charge is 2.20. The van der Waals surface area contributed by atoms with E-state index in [2.05, 4.69) is 20.8 Å². The summed E-state index contributed by atoms with van der Waals surface area (Å²) in [6, 6.07) is 11.9. The van der Waals surface area contributed by atoms with Crippen LogP contribution in [0.1, 0.15) is 26.7 Å². The number of hydrogen-bond donors (Lipinski definition) is 2. The number of aryl methyl sites for hydroxylation is 1. The van der Waals surface area contributed by atoms with Gasteiger partial charge in [0.15, 0.2) is 18.1 Å². The molecule has 2 amide bonds. The van der Waals surface area contributed by atoms with Crippen LogP contribution in [0.5, 0.6) is 5.75 Å². The summed E-state index contributed by atoms with van der Waals surface area (Å²) in [6.45, 7) is 0.316. The average molecular weight is 455 g/mol. The number of benzene rings is 1. The van der Waals surface area contributed by atoms with Gasteiger partial charge in [0.1, 0.15) is 11.5 Å². The number of carbonyl (C=O) groups is 2. The molecule has 1 aromatic carbocycles. The third-order valence-corrected chi connectivity index (χ3v) is 4.60. The van der Waals surface area contributed by atoms with Crippen LogP contribution in [-0.2, 0) is 20.3 Å². The maximum Gasteiger partial charge on any atom is 0.276 e. The van der Waals surface area contributed by atoms with Gasteiger partial charge in [-0.15, -0.1) is 0 Å². The number of ether oxygens (including phenoxy) is 1. The predicted molar refractivity (Wildman–Crippen MR) is 115 cm³/mol. The van der Waals surface area contributed by atoms with Crippen molar-refractivity contribution in [2.45, 2.75) is 13.3 Å². The monoisotopic (exact) mass is 454 g/mol. The van der Waals surface area contributed by atoms with Gasteiger partial charge in [-0.3, -0.25) is 14.3 Å². The van der Waals surface area contributed by atoms with Crippen molar-refractivity contribution < 1.29 is 18.7 Å². The molecule has 3 heterocycles. The molecule has 0 unspecified atom stereocenters. The molecule has 0 spiro atoms. The van der Waals surface area contributed by atoms with Crippen molar-refractivity contribution >= 4 is 29.1 Å². The number of nitrogens with zero attached hydrogens (tertiary/aromatic N) is 4. The lowest BCUT2D eigenvalue weighted by Crippen LogP contribution is -2.25. The molecule has 0 atom stereocenters. The van der Waals surface area contributed by atoms with Crippen LogP contribution in [0, 0.1) is 0 Å². The zero-order valence-electron chi connectivity index (χ0n) is 17.0. The summed E-state index contributed by atoms with van der Waals surface area (Å²) in [7, 11) is 1.65. The van der Waals surface area contributed by atoms with E-state index in [0.717, 1.165) is 0 Å². The number of anilines is 1. The minimum absolute atomic E-state index is 0.0814. The Bertz CT molecular complexity index is 1210. The van der Waals surface area contributed by atoms with Crippen LogP contribution < -0.4 is 15.4 Å². The fraction of sp³-hybridized carbons (Fsp3) is 0.143. The molecule has 11 heteroatoms. The molecule has 2 N–H and O–H groups in total. The molecule has 0 bridgehead atoms. The minimum Gasteiger partial charge on any atom is -0.471 e. The zero-order valence-corrected chi connectivity index (χ0v) is 17.7. The summed E-state index contributed by atoms with van der Waals surface area (Å²) < 4.78 is 13.7. The second kappa shape index (κ2) is 9.40. The van der Waals surface area contributed by atoms with Crippen molar-refractivity contribution in [3.05, 3.63) is 83.3 Å². The third kappa shape index (κ3) is 5.16. The molecule has 0 aliphatic heterocycles. The van der Waals surface area contributed by atoms with Crippen LogP contribution in [0.4, 0.5) is 5.69 Å². The van der Waals surface area contributed by atoms with E-state index in [-0.39, 0.29) is 30.4 Å². The molecule has 0 saturated carbocycles. The van der Waals surface area contributed by atoms with Gasteiger partial charge >= 0.3 is 0 Å². The maximum absolute atomic E-state index is 12.6. The smallest absolute Gasteiger partial charge is 0.276 e. The Balaban J connectivity index is 1.37. The topological polar surface area (TPSA) is 116 Å². The van der Waals surface area contributed by atoms with Gasteiger partial charge in [-0.2, -0.15) is 10.2 Å². The fourth-order valence-corrected chi connectivity index (χ4v) is 2.95. The van der Waals surface area contributed by atoms with Crippen molar-refractivity contribution in [3.63, 3.8) is 0 Å². The van der Waals surface area contributed by atoms with Crippen LogP contribution in [-0.4, -0.2) is 31.4 Å². The van der Waals surface area contributed by atoms with E-state index in [1.165, 1.54) is 15.6 Å². The Morgan fingerprint density at radius 3 is 2.69 bits per heavy atom. The summed E-state index contributed by atoms with van der Waals surface area (Å²) in [5.41, 5.74) is 0.509.